The van der Waals surface area contributed by atoms with E-state index in [-0.39, 0.29) is 12.5 Å². The van der Waals surface area contributed by atoms with Gasteiger partial charge < -0.3 is 15.7 Å². The van der Waals surface area contributed by atoms with E-state index in [9.17, 15) is 9.59 Å². The molecule has 1 aromatic heterocycles. The Balaban J connectivity index is 1.96. The maximum atomic E-state index is 12.1. The first-order valence-electron chi connectivity index (χ1n) is 7.65. The molecule has 2 rings (SSSR count). The van der Waals surface area contributed by atoms with Crippen LogP contribution in [-0.4, -0.2) is 33.1 Å². The number of carbonyl (C=O) groups excluding carboxylic acids is 1. The molecule has 0 fully saturated rings. The molecule has 7 heteroatoms. The van der Waals surface area contributed by atoms with Gasteiger partial charge in [-0.1, -0.05) is 30.3 Å². The fourth-order valence-corrected chi connectivity index (χ4v) is 2.23. The zero-order valence-electron chi connectivity index (χ0n) is 13.4. The van der Waals surface area contributed by atoms with Gasteiger partial charge in [-0.15, -0.1) is 0 Å². The standard InChI is InChI=1S/C17H20N4O3/c1-12-18-10-15(11-19-12)21-17(24)20-14(7-8-16(22)23)9-13-5-3-2-4-6-13/h2-6,10-11,14H,7-9H2,1H3,(H,22,23)(H2,20,21,24). The minimum Gasteiger partial charge on any atom is -0.481 e. The molecule has 1 heterocycles. The third-order valence-electron chi connectivity index (χ3n) is 3.41. The molecule has 0 aliphatic rings. The molecule has 0 spiro atoms. The molecule has 24 heavy (non-hydrogen) atoms. The van der Waals surface area contributed by atoms with Gasteiger partial charge in [-0.25, -0.2) is 14.8 Å². The first-order chi connectivity index (χ1) is 11.5. The number of benzene rings is 1. The summed E-state index contributed by atoms with van der Waals surface area (Å²) in [5, 5.41) is 14.3. The molecule has 0 saturated heterocycles. The van der Waals surface area contributed by atoms with E-state index < -0.39 is 12.0 Å². The summed E-state index contributed by atoms with van der Waals surface area (Å²) in [6.45, 7) is 1.76. The van der Waals surface area contributed by atoms with Crippen molar-refractivity contribution in [3.8, 4) is 0 Å². The quantitative estimate of drug-likeness (QED) is 0.724. The smallest absolute Gasteiger partial charge is 0.319 e. The summed E-state index contributed by atoms with van der Waals surface area (Å²) in [4.78, 5) is 31.0. The number of nitrogens with one attached hydrogen (secondary N) is 2. The van der Waals surface area contributed by atoms with Crippen molar-refractivity contribution in [1.82, 2.24) is 15.3 Å². The lowest BCUT2D eigenvalue weighted by Gasteiger charge is -2.18. The van der Waals surface area contributed by atoms with Crippen LogP contribution in [0.3, 0.4) is 0 Å². The second kappa shape index (κ2) is 8.61. The summed E-state index contributed by atoms with van der Waals surface area (Å²) in [5.74, 6) is -0.272. The second-order valence-corrected chi connectivity index (χ2v) is 5.44. The Morgan fingerprint density at radius 2 is 1.83 bits per heavy atom. The zero-order chi connectivity index (χ0) is 17.4. The van der Waals surface area contributed by atoms with E-state index in [0.717, 1.165) is 5.56 Å². The molecule has 0 bridgehead atoms. The van der Waals surface area contributed by atoms with Gasteiger partial charge in [0.25, 0.3) is 0 Å². The maximum Gasteiger partial charge on any atom is 0.319 e. The maximum absolute atomic E-state index is 12.1. The van der Waals surface area contributed by atoms with Gasteiger partial charge in [0.1, 0.15) is 5.82 Å². The molecular weight excluding hydrogens is 308 g/mol. The van der Waals surface area contributed by atoms with Crippen LogP contribution in [0.25, 0.3) is 0 Å². The lowest BCUT2D eigenvalue weighted by molar-refractivity contribution is -0.137. The van der Waals surface area contributed by atoms with E-state index in [1.165, 1.54) is 12.4 Å². The van der Waals surface area contributed by atoms with Crippen LogP contribution in [0.5, 0.6) is 0 Å². The van der Waals surface area contributed by atoms with Gasteiger partial charge >= 0.3 is 12.0 Å². The number of hydrogen-bond donors (Lipinski definition) is 3. The molecule has 7 nitrogen and oxygen atoms in total. The number of carboxylic acids is 1. The molecule has 1 aromatic carbocycles. The first kappa shape index (κ1) is 17.4. The van der Waals surface area contributed by atoms with Crippen molar-refractivity contribution >= 4 is 17.7 Å². The molecule has 1 unspecified atom stereocenters. The van der Waals surface area contributed by atoms with Gasteiger partial charge in [0.05, 0.1) is 18.1 Å². The van der Waals surface area contributed by atoms with Gasteiger partial charge in [-0.2, -0.15) is 0 Å². The predicted molar refractivity (Wildman–Crippen MR) is 89.7 cm³/mol. The fraction of sp³-hybridized carbons (Fsp3) is 0.294. The summed E-state index contributed by atoms with van der Waals surface area (Å²) in [6, 6.07) is 8.93. The Kier molecular flexibility index (Phi) is 6.24. The average Bonchev–Trinajstić information content (AvgIpc) is 2.55. The highest BCUT2D eigenvalue weighted by Gasteiger charge is 2.15. The minimum atomic E-state index is -0.887. The largest absolute Gasteiger partial charge is 0.481 e. The Bertz CT molecular complexity index is 674. The van der Waals surface area contributed by atoms with Crippen LogP contribution < -0.4 is 10.6 Å². The SMILES string of the molecule is Cc1ncc(NC(=O)NC(CCC(=O)O)Cc2ccccc2)cn1. The van der Waals surface area contributed by atoms with Gasteiger partial charge in [0.2, 0.25) is 0 Å². The number of aromatic nitrogens is 2. The van der Waals surface area contributed by atoms with Crippen molar-refractivity contribution < 1.29 is 14.7 Å². The van der Waals surface area contributed by atoms with E-state index in [0.29, 0.717) is 24.4 Å². The number of carboxylic acid groups (broad SMARTS) is 1. The Hall–Kier alpha value is -2.96. The number of amides is 2. The normalized spacial score (nSPS) is 11.5. The van der Waals surface area contributed by atoms with E-state index >= 15 is 0 Å². The van der Waals surface area contributed by atoms with Crippen molar-refractivity contribution in [3.63, 3.8) is 0 Å². The highest BCUT2D eigenvalue weighted by molar-refractivity contribution is 5.89. The molecule has 0 aliphatic heterocycles. The minimum absolute atomic E-state index is 0.00851. The van der Waals surface area contributed by atoms with Crippen LogP contribution in [0.4, 0.5) is 10.5 Å². The highest BCUT2D eigenvalue weighted by atomic mass is 16.4. The van der Waals surface area contributed by atoms with E-state index in [1.54, 1.807) is 6.92 Å². The van der Waals surface area contributed by atoms with Crippen LogP contribution in [0.15, 0.2) is 42.7 Å². The summed E-state index contributed by atoms with van der Waals surface area (Å²) in [6.07, 6.45) is 3.94. The first-order valence-corrected chi connectivity index (χ1v) is 7.65. The summed E-state index contributed by atoms with van der Waals surface area (Å²) in [5.41, 5.74) is 1.52. The average molecular weight is 328 g/mol. The Labute approximate surface area is 140 Å². The molecule has 1 atom stereocenters. The van der Waals surface area contributed by atoms with E-state index in [4.69, 9.17) is 5.11 Å². The molecule has 2 aromatic rings. The third kappa shape index (κ3) is 6.04. The molecule has 3 N–H and O–H groups in total. The monoisotopic (exact) mass is 328 g/mol. The van der Waals surface area contributed by atoms with Gasteiger partial charge in [-0.3, -0.25) is 4.79 Å². The van der Waals surface area contributed by atoms with Crippen LogP contribution >= 0.6 is 0 Å². The van der Waals surface area contributed by atoms with Crippen LogP contribution in [-0.2, 0) is 11.2 Å². The van der Waals surface area contributed by atoms with Crippen LogP contribution in [0.1, 0.15) is 24.2 Å². The lowest BCUT2D eigenvalue weighted by atomic mass is 10.0. The van der Waals surface area contributed by atoms with E-state index in [1.807, 2.05) is 30.3 Å². The van der Waals surface area contributed by atoms with Gasteiger partial charge in [0, 0.05) is 12.5 Å². The third-order valence-corrected chi connectivity index (χ3v) is 3.41. The summed E-state index contributed by atoms with van der Waals surface area (Å²) >= 11 is 0. The number of aliphatic carboxylic acids is 1. The number of nitrogens with zero attached hydrogens (tertiary/aromatic N) is 2. The van der Waals surface area contributed by atoms with Crippen LogP contribution in [0, 0.1) is 6.92 Å². The van der Waals surface area contributed by atoms with Crippen molar-refractivity contribution in [2.45, 2.75) is 32.2 Å². The number of carbonyl (C=O) groups is 2. The number of rotatable bonds is 7. The predicted octanol–water partition coefficient (Wildman–Crippen LogP) is 2.38. The zero-order valence-corrected chi connectivity index (χ0v) is 13.4. The summed E-state index contributed by atoms with van der Waals surface area (Å²) in [7, 11) is 0. The molecule has 0 aliphatic carbocycles. The van der Waals surface area contributed by atoms with Crippen molar-refractivity contribution in [2.24, 2.45) is 0 Å². The van der Waals surface area contributed by atoms with Crippen LogP contribution in [0.2, 0.25) is 0 Å². The fourth-order valence-electron chi connectivity index (χ4n) is 2.23. The molecule has 0 saturated carbocycles. The van der Waals surface area contributed by atoms with Crippen molar-refractivity contribution in [1.29, 1.82) is 0 Å². The van der Waals surface area contributed by atoms with Gasteiger partial charge in [0.15, 0.2) is 0 Å². The number of aryl methyl sites for hydroxylation is 1. The highest BCUT2D eigenvalue weighted by Crippen LogP contribution is 2.09. The molecule has 2 amide bonds. The molecule has 0 radical (unpaired) electrons. The van der Waals surface area contributed by atoms with Crippen molar-refractivity contribution in [3.05, 3.63) is 54.1 Å². The number of hydrogen-bond acceptors (Lipinski definition) is 4. The Morgan fingerprint density at radius 1 is 1.17 bits per heavy atom. The number of urea groups is 1. The van der Waals surface area contributed by atoms with Crippen molar-refractivity contribution in [2.75, 3.05) is 5.32 Å². The lowest BCUT2D eigenvalue weighted by Crippen LogP contribution is -2.39. The van der Waals surface area contributed by atoms with E-state index in [2.05, 4.69) is 20.6 Å². The molecular formula is C17H20N4O3. The Morgan fingerprint density at radius 3 is 2.46 bits per heavy atom. The molecule has 126 valence electrons. The summed E-state index contributed by atoms with van der Waals surface area (Å²) < 4.78 is 0. The second-order valence-electron chi connectivity index (χ2n) is 5.44. The van der Waals surface area contributed by atoms with Gasteiger partial charge in [-0.05, 0) is 25.3 Å². The topological polar surface area (TPSA) is 104 Å². The number of anilines is 1.